The number of amides is 1. The number of nitro groups is 1. The van der Waals surface area contributed by atoms with Gasteiger partial charge in [0.05, 0.1) is 10.5 Å². The van der Waals surface area contributed by atoms with Crippen LogP contribution in [0.2, 0.25) is 0 Å². The molecule has 0 unspecified atom stereocenters. The molecule has 1 amide bonds. The summed E-state index contributed by atoms with van der Waals surface area (Å²) in [5.74, 6) is -0.292. The van der Waals surface area contributed by atoms with E-state index in [9.17, 15) is 14.9 Å². The number of hydrogen-bond donors (Lipinski definition) is 1. The molecule has 0 radical (unpaired) electrons. The van der Waals surface area contributed by atoms with Crippen molar-refractivity contribution in [1.29, 1.82) is 0 Å². The number of carbonyl (C=O) groups is 1. The molecule has 1 aliphatic heterocycles. The van der Waals surface area contributed by atoms with Crippen molar-refractivity contribution in [3.63, 3.8) is 0 Å². The molecule has 1 saturated heterocycles. The minimum atomic E-state index is -0.509. The standard InChI is InChI=1S/C13H16BrN3O3/c14-12-10(4-3-5-11(12)17(19)20)13(18)15-6-9-16-7-1-2-8-16/h3-5H,1-2,6-9H2,(H,15,18). The Bertz CT molecular complexity index is 516. The molecule has 0 spiro atoms. The average Bonchev–Trinajstić information content (AvgIpc) is 2.91. The Morgan fingerprint density at radius 1 is 1.40 bits per heavy atom. The molecule has 1 aromatic carbocycles. The first kappa shape index (κ1) is 14.9. The largest absolute Gasteiger partial charge is 0.351 e. The lowest BCUT2D eigenvalue weighted by Crippen LogP contribution is -2.33. The molecule has 1 aliphatic rings. The number of hydrogen-bond acceptors (Lipinski definition) is 4. The van der Waals surface area contributed by atoms with Crippen LogP contribution < -0.4 is 5.32 Å². The summed E-state index contributed by atoms with van der Waals surface area (Å²) in [5.41, 5.74) is 0.192. The number of rotatable bonds is 5. The van der Waals surface area contributed by atoms with Crippen LogP contribution in [0.15, 0.2) is 22.7 Å². The van der Waals surface area contributed by atoms with Crippen molar-refractivity contribution >= 4 is 27.5 Å². The molecule has 7 heteroatoms. The van der Waals surface area contributed by atoms with Crippen LogP contribution in [0.3, 0.4) is 0 Å². The molecule has 20 heavy (non-hydrogen) atoms. The number of likely N-dealkylation sites (tertiary alicyclic amines) is 1. The number of nitro benzene ring substituents is 1. The monoisotopic (exact) mass is 341 g/mol. The van der Waals surface area contributed by atoms with Gasteiger partial charge in [0.25, 0.3) is 11.6 Å². The molecule has 0 saturated carbocycles. The molecule has 6 nitrogen and oxygen atoms in total. The molecule has 1 aromatic rings. The van der Waals surface area contributed by atoms with Gasteiger partial charge in [-0.3, -0.25) is 14.9 Å². The molecule has 108 valence electrons. The fourth-order valence-corrected chi connectivity index (χ4v) is 2.85. The molecule has 0 aliphatic carbocycles. The first-order valence-electron chi connectivity index (χ1n) is 6.53. The van der Waals surface area contributed by atoms with Gasteiger partial charge in [-0.25, -0.2) is 0 Å². The minimum Gasteiger partial charge on any atom is -0.351 e. The van der Waals surface area contributed by atoms with Gasteiger partial charge in [0.15, 0.2) is 0 Å². The number of nitrogens with one attached hydrogen (secondary N) is 1. The Morgan fingerprint density at radius 2 is 2.10 bits per heavy atom. The van der Waals surface area contributed by atoms with E-state index in [2.05, 4.69) is 26.1 Å². The quantitative estimate of drug-likeness (QED) is 0.657. The van der Waals surface area contributed by atoms with Crippen molar-refractivity contribution in [3.05, 3.63) is 38.3 Å². The number of nitrogens with zero attached hydrogens (tertiary/aromatic N) is 2. The second kappa shape index (κ2) is 6.81. The average molecular weight is 342 g/mol. The fourth-order valence-electron chi connectivity index (χ4n) is 2.27. The van der Waals surface area contributed by atoms with E-state index in [4.69, 9.17) is 0 Å². The van der Waals surface area contributed by atoms with Gasteiger partial charge >= 0.3 is 0 Å². The lowest BCUT2D eigenvalue weighted by molar-refractivity contribution is -0.385. The fraction of sp³-hybridized carbons (Fsp3) is 0.462. The van der Waals surface area contributed by atoms with E-state index >= 15 is 0 Å². The maximum absolute atomic E-state index is 12.0. The highest BCUT2D eigenvalue weighted by Gasteiger charge is 2.19. The second-order valence-electron chi connectivity index (χ2n) is 4.70. The highest BCUT2D eigenvalue weighted by atomic mass is 79.9. The normalized spacial score (nSPS) is 15.2. The van der Waals surface area contributed by atoms with E-state index < -0.39 is 4.92 Å². The molecule has 1 N–H and O–H groups in total. The molecule has 1 heterocycles. The Labute approximate surface area is 125 Å². The molecule has 1 fully saturated rings. The van der Waals surface area contributed by atoms with Gasteiger partial charge in [-0.1, -0.05) is 6.07 Å². The van der Waals surface area contributed by atoms with Crippen LogP contribution in [-0.2, 0) is 0 Å². The lowest BCUT2D eigenvalue weighted by Gasteiger charge is -2.14. The zero-order valence-electron chi connectivity index (χ0n) is 11.0. The topological polar surface area (TPSA) is 75.5 Å². The number of halogens is 1. The maximum Gasteiger partial charge on any atom is 0.284 e. The number of benzene rings is 1. The molecule has 0 atom stereocenters. The van der Waals surface area contributed by atoms with Gasteiger partial charge in [-0.15, -0.1) is 0 Å². The van der Waals surface area contributed by atoms with Crippen LogP contribution in [0.25, 0.3) is 0 Å². The SMILES string of the molecule is O=C(NCCN1CCCC1)c1cccc([N+](=O)[O-])c1Br. The summed E-state index contributed by atoms with van der Waals surface area (Å²) in [6.45, 7) is 3.53. The maximum atomic E-state index is 12.0. The van der Waals surface area contributed by atoms with Crippen LogP contribution in [0.5, 0.6) is 0 Å². The highest BCUT2D eigenvalue weighted by molar-refractivity contribution is 9.10. The zero-order valence-corrected chi connectivity index (χ0v) is 12.6. The van der Waals surface area contributed by atoms with Crippen LogP contribution in [0, 0.1) is 10.1 Å². The van der Waals surface area contributed by atoms with Gasteiger partial charge in [0.2, 0.25) is 0 Å². The van der Waals surface area contributed by atoms with Crippen molar-refractivity contribution in [3.8, 4) is 0 Å². The van der Waals surface area contributed by atoms with Crippen molar-refractivity contribution < 1.29 is 9.72 Å². The summed E-state index contributed by atoms with van der Waals surface area (Å²) in [6.07, 6.45) is 2.43. The summed E-state index contributed by atoms with van der Waals surface area (Å²) in [6, 6.07) is 4.45. The van der Waals surface area contributed by atoms with Crippen molar-refractivity contribution in [1.82, 2.24) is 10.2 Å². The Balaban J connectivity index is 1.95. The van der Waals surface area contributed by atoms with E-state index in [1.54, 1.807) is 6.07 Å². The minimum absolute atomic E-state index is 0.0998. The Morgan fingerprint density at radius 3 is 2.75 bits per heavy atom. The van der Waals surface area contributed by atoms with Crippen molar-refractivity contribution in [2.24, 2.45) is 0 Å². The van der Waals surface area contributed by atoms with Crippen LogP contribution in [-0.4, -0.2) is 41.9 Å². The smallest absolute Gasteiger partial charge is 0.284 e. The van der Waals surface area contributed by atoms with Crippen LogP contribution >= 0.6 is 15.9 Å². The molecule has 2 rings (SSSR count). The molecular formula is C13H16BrN3O3. The molecular weight excluding hydrogens is 326 g/mol. The summed E-state index contributed by atoms with van der Waals surface area (Å²) >= 11 is 3.13. The van der Waals surface area contributed by atoms with E-state index in [0.29, 0.717) is 12.1 Å². The highest BCUT2D eigenvalue weighted by Crippen LogP contribution is 2.28. The second-order valence-corrected chi connectivity index (χ2v) is 5.49. The van der Waals surface area contributed by atoms with Gasteiger partial charge in [0, 0.05) is 19.2 Å². The third kappa shape index (κ3) is 3.55. The first-order chi connectivity index (χ1) is 9.59. The number of carbonyl (C=O) groups excluding carboxylic acids is 1. The predicted molar refractivity (Wildman–Crippen MR) is 78.8 cm³/mol. The Kier molecular flexibility index (Phi) is 5.08. The van der Waals surface area contributed by atoms with E-state index in [1.807, 2.05) is 0 Å². The Hall–Kier alpha value is -1.47. The third-order valence-electron chi connectivity index (χ3n) is 3.33. The van der Waals surface area contributed by atoms with E-state index in [-0.39, 0.29) is 16.1 Å². The third-order valence-corrected chi connectivity index (χ3v) is 4.17. The molecule has 0 bridgehead atoms. The van der Waals surface area contributed by atoms with E-state index in [1.165, 1.54) is 25.0 Å². The summed E-state index contributed by atoms with van der Waals surface area (Å²) in [7, 11) is 0. The van der Waals surface area contributed by atoms with Gasteiger partial charge < -0.3 is 10.2 Å². The van der Waals surface area contributed by atoms with Gasteiger partial charge in [-0.2, -0.15) is 0 Å². The van der Waals surface area contributed by atoms with Crippen LogP contribution in [0.1, 0.15) is 23.2 Å². The van der Waals surface area contributed by atoms with E-state index in [0.717, 1.165) is 19.6 Å². The van der Waals surface area contributed by atoms with Gasteiger partial charge in [0.1, 0.15) is 4.47 Å². The van der Waals surface area contributed by atoms with Crippen molar-refractivity contribution in [2.75, 3.05) is 26.2 Å². The predicted octanol–water partition coefficient (Wildman–Crippen LogP) is 2.18. The zero-order chi connectivity index (χ0) is 14.5. The summed E-state index contributed by atoms with van der Waals surface area (Å²) < 4.78 is 0.226. The van der Waals surface area contributed by atoms with Crippen molar-refractivity contribution in [2.45, 2.75) is 12.8 Å². The summed E-state index contributed by atoms with van der Waals surface area (Å²) in [4.78, 5) is 24.6. The lowest BCUT2D eigenvalue weighted by atomic mass is 10.2. The first-order valence-corrected chi connectivity index (χ1v) is 7.32. The van der Waals surface area contributed by atoms with Gasteiger partial charge in [-0.05, 0) is 47.9 Å². The summed E-state index contributed by atoms with van der Waals surface area (Å²) in [5, 5.41) is 13.6. The van der Waals surface area contributed by atoms with Crippen LogP contribution in [0.4, 0.5) is 5.69 Å². The molecule has 0 aromatic heterocycles.